The zero-order valence-corrected chi connectivity index (χ0v) is 10.4. The van der Waals surface area contributed by atoms with Crippen molar-refractivity contribution in [1.29, 1.82) is 0 Å². The Morgan fingerprint density at radius 1 is 1.12 bits per heavy atom. The van der Waals surface area contributed by atoms with E-state index in [-0.39, 0.29) is 0 Å². The topological polar surface area (TPSA) is 9.23 Å². The van der Waals surface area contributed by atoms with Crippen LogP contribution in [0.5, 0.6) is 0 Å². The molecule has 0 aromatic carbocycles. The molecule has 16 heavy (non-hydrogen) atoms. The maximum atomic E-state index is 5.69. The molecule has 0 bridgehead atoms. The number of hydrogen-bond acceptors (Lipinski definition) is 1. The molecule has 0 N–H and O–H groups in total. The maximum Gasteiger partial charge on any atom is 0.0575 e. The van der Waals surface area contributed by atoms with Gasteiger partial charge in [-0.2, -0.15) is 0 Å². The molecule has 1 unspecified atom stereocenters. The lowest BCUT2D eigenvalue weighted by Crippen LogP contribution is -2.18. The maximum absolute atomic E-state index is 5.69. The van der Waals surface area contributed by atoms with Crippen LogP contribution >= 0.6 is 0 Å². The minimum Gasteiger partial charge on any atom is -0.378 e. The van der Waals surface area contributed by atoms with Crippen LogP contribution in [-0.4, -0.2) is 12.7 Å². The van der Waals surface area contributed by atoms with Crippen molar-refractivity contribution in [2.75, 3.05) is 6.61 Å². The van der Waals surface area contributed by atoms with Crippen molar-refractivity contribution in [1.82, 2.24) is 0 Å². The van der Waals surface area contributed by atoms with Gasteiger partial charge in [0, 0.05) is 6.61 Å². The van der Waals surface area contributed by atoms with Crippen LogP contribution in [-0.2, 0) is 4.74 Å². The third-order valence-corrected chi connectivity index (χ3v) is 2.83. The van der Waals surface area contributed by atoms with Gasteiger partial charge in [0.1, 0.15) is 0 Å². The largest absolute Gasteiger partial charge is 0.378 e. The van der Waals surface area contributed by atoms with E-state index in [9.17, 15) is 0 Å². The number of rotatable bonds is 6. The first-order chi connectivity index (χ1) is 7.93. The third kappa shape index (κ3) is 6.62. The first-order valence-electron chi connectivity index (χ1n) is 6.49. The molecule has 1 fully saturated rings. The number of allylic oxidation sites excluding steroid dienone is 6. The van der Waals surface area contributed by atoms with Crippen molar-refractivity contribution in [3.8, 4) is 0 Å². The second-order valence-corrected chi connectivity index (χ2v) is 4.26. The molecule has 1 aliphatic heterocycles. The highest BCUT2D eigenvalue weighted by Crippen LogP contribution is 2.17. The molecule has 90 valence electrons. The van der Waals surface area contributed by atoms with Crippen molar-refractivity contribution in [2.24, 2.45) is 0 Å². The molecule has 1 atom stereocenters. The smallest absolute Gasteiger partial charge is 0.0575 e. The van der Waals surface area contributed by atoms with E-state index in [1.54, 1.807) is 0 Å². The summed E-state index contributed by atoms with van der Waals surface area (Å²) >= 11 is 0. The van der Waals surface area contributed by atoms with Gasteiger partial charge in [0.15, 0.2) is 0 Å². The van der Waals surface area contributed by atoms with Crippen LogP contribution in [0.4, 0.5) is 0 Å². The van der Waals surface area contributed by atoms with E-state index in [0.717, 1.165) is 6.61 Å². The summed E-state index contributed by atoms with van der Waals surface area (Å²) in [4.78, 5) is 0. The van der Waals surface area contributed by atoms with Gasteiger partial charge in [-0.25, -0.2) is 0 Å². The average molecular weight is 220 g/mol. The van der Waals surface area contributed by atoms with Gasteiger partial charge in [0.05, 0.1) is 6.10 Å². The highest BCUT2D eigenvalue weighted by Gasteiger charge is 2.12. The Morgan fingerprint density at radius 2 is 2.00 bits per heavy atom. The molecule has 0 aromatic rings. The minimum absolute atomic E-state index is 0.542. The molecule has 0 spiro atoms. The Labute approximate surface area is 99.9 Å². The fourth-order valence-electron chi connectivity index (χ4n) is 1.91. The van der Waals surface area contributed by atoms with Crippen LogP contribution in [0.2, 0.25) is 0 Å². The molecular weight excluding hydrogens is 196 g/mol. The molecule has 1 saturated heterocycles. The van der Waals surface area contributed by atoms with Crippen molar-refractivity contribution in [2.45, 2.75) is 51.6 Å². The molecule has 0 radical (unpaired) electrons. The highest BCUT2D eigenvalue weighted by atomic mass is 16.5. The second kappa shape index (κ2) is 9.41. The third-order valence-electron chi connectivity index (χ3n) is 2.83. The molecule has 1 aliphatic rings. The van der Waals surface area contributed by atoms with Gasteiger partial charge in [-0.15, -0.1) is 0 Å². The Bertz CT molecular complexity index is 232. The normalized spacial score (nSPS) is 22.7. The van der Waals surface area contributed by atoms with Gasteiger partial charge in [0.2, 0.25) is 0 Å². The van der Waals surface area contributed by atoms with E-state index in [4.69, 9.17) is 4.74 Å². The lowest BCUT2D eigenvalue weighted by molar-refractivity contribution is 0.0103. The summed E-state index contributed by atoms with van der Waals surface area (Å²) in [5.41, 5.74) is 0. The van der Waals surface area contributed by atoms with Crippen LogP contribution in [0, 0.1) is 0 Å². The first-order valence-corrected chi connectivity index (χ1v) is 6.49. The van der Waals surface area contributed by atoms with Gasteiger partial charge in [-0.05, 0) is 45.4 Å². The SMILES string of the molecule is C/C=C/C=C/C=C/CCCC1CCCCO1. The minimum atomic E-state index is 0.542. The predicted octanol–water partition coefficient (Wildman–Crippen LogP) is 4.41. The molecule has 0 saturated carbocycles. The van der Waals surface area contributed by atoms with Gasteiger partial charge in [0.25, 0.3) is 0 Å². The van der Waals surface area contributed by atoms with E-state index in [1.807, 2.05) is 19.1 Å². The van der Waals surface area contributed by atoms with E-state index in [0.29, 0.717) is 6.10 Å². The van der Waals surface area contributed by atoms with Gasteiger partial charge >= 0.3 is 0 Å². The monoisotopic (exact) mass is 220 g/mol. The number of hydrogen-bond donors (Lipinski definition) is 0. The summed E-state index contributed by atoms with van der Waals surface area (Å²) in [6.07, 6.45) is 20.6. The molecule has 1 nitrogen and oxygen atoms in total. The van der Waals surface area contributed by atoms with Gasteiger partial charge in [-0.3, -0.25) is 0 Å². The fourth-order valence-corrected chi connectivity index (χ4v) is 1.91. The zero-order valence-electron chi connectivity index (χ0n) is 10.4. The predicted molar refractivity (Wildman–Crippen MR) is 70.5 cm³/mol. The number of ether oxygens (including phenoxy) is 1. The average Bonchev–Trinajstić information content (AvgIpc) is 2.34. The van der Waals surface area contributed by atoms with E-state index < -0.39 is 0 Å². The molecule has 0 aliphatic carbocycles. The fraction of sp³-hybridized carbons (Fsp3) is 0.600. The van der Waals surface area contributed by atoms with Crippen molar-refractivity contribution >= 4 is 0 Å². The van der Waals surface area contributed by atoms with Crippen LogP contribution in [0.25, 0.3) is 0 Å². The Kier molecular flexibility index (Phi) is 7.79. The number of unbranched alkanes of at least 4 members (excludes halogenated alkanes) is 1. The lowest BCUT2D eigenvalue weighted by atomic mass is 10.0. The van der Waals surface area contributed by atoms with Crippen molar-refractivity contribution in [3.05, 3.63) is 36.5 Å². The van der Waals surface area contributed by atoms with Crippen LogP contribution in [0.3, 0.4) is 0 Å². The quantitative estimate of drug-likeness (QED) is 0.476. The summed E-state index contributed by atoms with van der Waals surface area (Å²) in [5.74, 6) is 0. The second-order valence-electron chi connectivity index (χ2n) is 4.26. The van der Waals surface area contributed by atoms with Crippen molar-refractivity contribution < 1.29 is 4.74 Å². The molecule has 1 rings (SSSR count). The van der Waals surface area contributed by atoms with E-state index >= 15 is 0 Å². The first kappa shape index (κ1) is 13.2. The summed E-state index contributed by atoms with van der Waals surface area (Å²) in [6.45, 7) is 3.00. The Morgan fingerprint density at radius 3 is 2.75 bits per heavy atom. The molecular formula is C15H24O. The van der Waals surface area contributed by atoms with E-state index in [2.05, 4.69) is 24.3 Å². The van der Waals surface area contributed by atoms with Crippen LogP contribution < -0.4 is 0 Å². The zero-order chi connectivity index (χ0) is 11.5. The Hall–Kier alpha value is -0.820. The van der Waals surface area contributed by atoms with Crippen molar-refractivity contribution in [3.63, 3.8) is 0 Å². The Balaban J connectivity index is 1.98. The molecule has 1 heterocycles. The summed E-state index contributed by atoms with van der Waals surface area (Å²) in [7, 11) is 0. The molecule has 0 aromatic heterocycles. The standard InChI is InChI=1S/C15H24O/c1-2-3-4-5-6-7-8-9-12-15-13-10-11-14-16-15/h2-7,15H,8-14H2,1H3/b3-2+,5-4+,7-6+. The van der Waals surface area contributed by atoms with Crippen LogP contribution in [0.15, 0.2) is 36.5 Å². The summed E-state index contributed by atoms with van der Waals surface area (Å²) < 4.78 is 5.69. The molecule has 1 heteroatoms. The summed E-state index contributed by atoms with van der Waals surface area (Å²) in [6, 6.07) is 0. The lowest BCUT2D eigenvalue weighted by Gasteiger charge is -2.22. The highest BCUT2D eigenvalue weighted by molar-refractivity contribution is 5.10. The van der Waals surface area contributed by atoms with Gasteiger partial charge < -0.3 is 4.74 Å². The van der Waals surface area contributed by atoms with Gasteiger partial charge in [-0.1, -0.05) is 36.5 Å². The summed E-state index contributed by atoms with van der Waals surface area (Å²) in [5, 5.41) is 0. The van der Waals surface area contributed by atoms with Crippen LogP contribution in [0.1, 0.15) is 45.4 Å². The van der Waals surface area contributed by atoms with E-state index in [1.165, 1.54) is 38.5 Å². The molecule has 0 amide bonds.